The topological polar surface area (TPSA) is 35.5 Å². The zero-order valence-electron chi connectivity index (χ0n) is 8.19. The lowest BCUT2D eigenvalue weighted by Crippen LogP contribution is -2.44. The molecule has 1 saturated heterocycles. The number of aliphatic hydroxyl groups excluding tert-OH is 1. The molecule has 0 saturated carbocycles. The third-order valence-electron chi connectivity index (χ3n) is 2.19. The van der Waals surface area contributed by atoms with Crippen molar-refractivity contribution in [2.75, 3.05) is 33.7 Å². The van der Waals surface area contributed by atoms with Crippen molar-refractivity contribution in [2.24, 2.45) is 5.92 Å². The fraction of sp³-hybridized carbons (Fsp3) is 1.00. The molecule has 1 fully saturated rings. The number of nitrogens with zero attached hydrogens (tertiary/aromatic N) is 1. The molecule has 5 heteroatoms. The number of aliphatic hydroxyl groups is 1. The molecule has 0 aliphatic carbocycles. The van der Waals surface area contributed by atoms with Crippen LogP contribution in [0.3, 0.4) is 0 Å². The van der Waals surface area contributed by atoms with Crippen LogP contribution in [-0.2, 0) is 0 Å². The maximum Gasteiger partial charge on any atom is 0.0705 e. The smallest absolute Gasteiger partial charge is 0.0705 e. The van der Waals surface area contributed by atoms with Gasteiger partial charge in [-0.15, -0.1) is 24.8 Å². The Hall–Kier alpha value is 0.460. The van der Waals surface area contributed by atoms with E-state index in [-0.39, 0.29) is 30.9 Å². The van der Waals surface area contributed by atoms with Crippen LogP contribution in [-0.4, -0.2) is 49.8 Å². The molecule has 1 aliphatic rings. The lowest BCUT2D eigenvalue weighted by atomic mass is 9.95. The van der Waals surface area contributed by atoms with E-state index in [1.165, 1.54) is 0 Å². The Kier molecular flexibility index (Phi) is 9.58. The number of halogens is 2. The first-order valence-electron chi connectivity index (χ1n) is 4.23. The lowest BCUT2D eigenvalue weighted by Gasteiger charge is -2.30. The molecule has 2 unspecified atom stereocenters. The van der Waals surface area contributed by atoms with Crippen LogP contribution in [0.25, 0.3) is 0 Å². The largest absolute Gasteiger partial charge is 0.391 e. The molecule has 2 N–H and O–H groups in total. The van der Waals surface area contributed by atoms with Crippen LogP contribution in [0, 0.1) is 5.92 Å². The van der Waals surface area contributed by atoms with Gasteiger partial charge < -0.3 is 15.3 Å². The summed E-state index contributed by atoms with van der Waals surface area (Å²) in [5.74, 6) is 0.464. The van der Waals surface area contributed by atoms with Gasteiger partial charge in [-0.25, -0.2) is 0 Å². The van der Waals surface area contributed by atoms with Gasteiger partial charge in [0.1, 0.15) is 0 Å². The monoisotopic (exact) mass is 230 g/mol. The van der Waals surface area contributed by atoms with Gasteiger partial charge in [0.25, 0.3) is 0 Å². The first-order chi connectivity index (χ1) is 5.20. The first-order valence-corrected chi connectivity index (χ1v) is 4.23. The van der Waals surface area contributed by atoms with Gasteiger partial charge >= 0.3 is 0 Å². The molecule has 1 aliphatic heterocycles. The van der Waals surface area contributed by atoms with Crippen molar-refractivity contribution >= 4 is 24.8 Å². The fourth-order valence-electron chi connectivity index (χ4n) is 1.58. The number of β-amino-alcohol motifs (C(OH)–C–C–N with tert-alkyl or cyclic N) is 1. The quantitative estimate of drug-likeness (QED) is 0.720. The summed E-state index contributed by atoms with van der Waals surface area (Å²) in [6.45, 7) is 2.82. The summed E-state index contributed by atoms with van der Waals surface area (Å²) in [7, 11) is 4.10. The van der Waals surface area contributed by atoms with Crippen LogP contribution in [0.1, 0.15) is 6.42 Å². The molecular weight excluding hydrogens is 211 g/mol. The molecule has 1 heterocycles. The van der Waals surface area contributed by atoms with Crippen molar-refractivity contribution in [3.05, 3.63) is 0 Å². The average molecular weight is 231 g/mol. The van der Waals surface area contributed by atoms with Crippen molar-refractivity contribution in [3.8, 4) is 0 Å². The summed E-state index contributed by atoms with van der Waals surface area (Å²) >= 11 is 0. The molecule has 0 bridgehead atoms. The summed E-state index contributed by atoms with van der Waals surface area (Å²) in [5.41, 5.74) is 0. The van der Waals surface area contributed by atoms with Crippen LogP contribution in [0.15, 0.2) is 0 Å². The molecule has 0 aromatic carbocycles. The van der Waals surface area contributed by atoms with Crippen molar-refractivity contribution < 1.29 is 5.11 Å². The first kappa shape index (κ1) is 15.9. The van der Waals surface area contributed by atoms with Gasteiger partial charge in [-0.05, 0) is 33.0 Å². The van der Waals surface area contributed by atoms with Crippen LogP contribution in [0.5, 0.6) is 0 Å². The second-order valence-corrected chi connectivity index (χ2v) is 3.58. The molecule has 0 amide bonds. The van der Waals surface area contributed by atoms with Gasteiger partial charge in [0.2, 0.25) is 0 Å². The van der Waals surface area contributed by atoms with Gasteiger partial charge in [-0.2, -0.15) is 0 Å². The average Bonchev–Trinajstić information content (AvgIpc) is 1.93. The van der Waals surface area contributed by atoms with E-state index >= 15 is 0 Å². The predicted molar refractivity (Wildman–Crippen MR) is 60.0 cm³/mol. The van der Waals surface area contributed by atoms with Gasteiger partial charge in [0, 0.05) is 13.1 Å². The predicted octanol–water partition coefficient (Wildman–Crippen LogP) is 0.362. The molecule has 13 heavy (non-hydrogen) atoms. The number of hydrogen-bond donors (Lipinski definition) is 2. The maximum absolute atomic E-state index is 9.53. The van der Waals surface area contributed by atoms with Crippen LogP contribution < -0.4 is 5.32 Å². The van der Waals surface area contributed by atoms with E-state index < -0.39 is 0 Å². The second-order valence-electron chi connectivity index (χ2n) is 3.58. The lowest BCUT2D eigenvalue weighted by molar-refractivity contribution is 0.0666. The highest BCUT2D eigenvalue weighted by Gasteiger charge is 2.22. The van der Waals surface area contributed by atoms with Gasteiger partial charge in [0.05, 0.1) is 6.10 Å². The third kappa shape index (κ3) is 5.70. The highest BCUT2D eigenvalue weighted by molar-refractivity contribution is 5.85. The zero-order valence-corrected chi connectivity index (χ0v) is 9.83. The highest BCUT2D eigenvalue weighted by Crippen LogP contribution is 2.12. The van der Waals surface area contributed by atoms with E-state index in [4.69, 9.17) is 0 Å². The standard InChI is InChI=1S/C8H18N2O.2ClH/c1-10(2)6-7-3-4-9-5-8(7)11;;/h7-9,11H,3-6H2,1-2H3;2*1H. The van der Waals surface area contributed by atoms with Crippen LogP contribution in [0.2, 0.25) is 0 Å². The minimum atomic E-state index is -0.147. The Balaban J connectivity index is 0. The van der Waals surface area contributed by atoms with E-state index in [0.717, 1.165) is 26.1 Å². The minimum absolute atomic E-state index is 0. The van der Waals surface area contributed by atoms with E-state index in [9.17, 15) is 5.11 Å². The Morgan fingerprint density at radius 3 is 2.46 bits per heavy atom. The summed E-state index contributed by atoms with van der Waals surface area (Å²) in [6, 6.07) is 0. The zero-order chi connectivity index (χ0) is 8.27. The van der Waals surface area contributed by atoms with Crippen molar-refractivity contribution in [3.63, 3.8) is 0 Å². The third-order valence-corrected chi connectivity index (χ3v) is 2.19. The van der Waals surface area contributed by atoms with Gasteiger partial charge in [0.15, 0.2) is 0 Å². The van der Waals surface area contributed by atoms with E-state index in [2.05, 4.69) is 24.3 Å². The molecular formula is C8H20Cl2N2O. The van der Waals surface area contributed by atoms with E-state index in [0.29, 0.717) is 5.92 Å². The van der Waals surface area contributed by atoms with Gasteiger partial charge in [-0.1, -0.05) is 0 Å². The molecule has 0 aromatic rings. The molecule has 1 rings (SSSR count). The fourth-order valence-corrected chi connectivity index (χ4v) is 1.58. The van der Waals surface area contributed by atoms with Gasteiger partial charge in [-0.3, -0.25) is 0 Å². The Labute approximate surface area is 92.7 Å². The van der Waals surface area contributed by atoms with E-state index in [1.807, 2.05) is 0 Å². The van der Waals surface area contributed by atoms with Crippen molar-refractivity contribution in [2.45, 2.75) is 12.5 Å². The molecule has 0 radical (unpaired) electrons. The molecule has 0 spiro atoms. The highest BCUT2D eigenvalue weighted by atomic mass is 35.5. The number of hydrogen-bond acceptors (Lipinski definition) is 3. The molecule has 0 aromatic heterocycles. The summed E-state index contributed by atoms with van der Waals surface area (Å²) in [5, 5.41) is 12.7. The summed E-state index contributed by atoms with van der Waals surface area (Å²) in [4.78, 5) is 2.14. The normalized spacial score (nSPS) is 27.7. The van der Waals surface area contributed by atoms with E-state index in [1.54, 1.807) is 0 Å². The second kappa shape index (κ2) is 7.83. The summed E-state index contributed by atoms with van der Waals surface area (Å²) in [6.07, 6.45) is 0.949. The Morgan fingerprint density at radius 1 is 1.38 bits per heavy atom. The van der Waals surface area contributed by atoms with Crippen LogP contribution >= 0.6 is 24.8 Å². The van der Waals surface area contributed by atoms with Crippen molar-refractivity contribution in [1.82, 2.24) is 10.2 Å². The SMILES string of the molecule is CN(C)CC1CCNCC1O.Cl.Cl. The molecule has 3 nitrogen and oxygen atoms in total. The number of rotatable bonds is 2. The minimum Gasteiger partial charge on any atom is -0.391 e. The Morgan fingerprint density at radius 2 is 2.00 bits per heavy atom. The maximum atomic E-state index is 9.53. The molecule has 2 atom stereocenters. The summed E-state index contributed by atoms with van der Waals surface area (Å²) < 4.78 is 0. The van der Waals surface area contributed by atoms with Crippen LogP contribution in [0.4, 0.5) is 0 Å². The Bertz CT molecular complexity index is 125. The molecule has 82 valence electrons. The van der Waals surface area contributed by atoms with Crippen molar-refractivity contribution in [1.29, 1.82) is 0 Å². The number of piperidine rings is 1. The number of nitrogens with one attached hydrogen (secondary N) is 1.